The SMILES string of the molecule is Cc1c(C(=O)Nc2ccc(CN3CCCC3=O)cc2)cnn1-c1ccccc1. The summed E-state index contributed by atoms with van der Waals surface area (Å²) in [6.45, 7) is 3.32. The number of likely N-dealkylation sites (tertiary alicyclic amines) is 1. The third-order valence-corrected chi connectivity index (χ3v) is 5.01. The van der Waals surface area contributed by atoms with Crippen LogP contribution >= 0.6 is 0 Å². The average Bonchev–Trinajstić information content (AvgIpc) is 3.29. The highest BCUT2D eigenvalue weighted by molar-refractivity contribution is 6.05. The molecule has 1 saturated heterocycles. The van der Waals surface area contributed by atoms with Gasteiger partial charge in [0.05, 0.1) is 23.1 Å². The van der Waals surface area contributed by atoms with Gasteiger partial charge < -0.3 is 10.2 Å². The van der Waals surface area contributed by atoms with Gasteiger partial charge in [-0.05, 0) is 43.2 Å². The van der Waals surface area contributed by atoms with Crippen LogP contribution in [0.2, 0.25) is 0 Å². The first kappa shape index (κ1) is 18.0. The van der Waals surface area contributed by atoms with E-state index in [9.17, 15) is 9.59 Å². The second-order valence-corrected chi connectivity index (χ2v) is 6.96. The standard InChI is InChI=1S/C22H22N4O2/c1-16-20(14-23-26(16)19-6-3-2-4-7-19)22(28)24-18-11-9-17(10-12-18)15-25-13-5-8-21(25)27/h2-4,6-7,9-12,14H,5,8,13,15H2,1H3,(H,24,28). The Labute approximate surface area is 163 Å². The van der Waals surface area contributed by atoms with E-state index in [2.05, 4.69) is 10.4 Å². The molecule has 1 N–H and O–H groups in total. The minimum atomic E-state index is -0.192. The number of aromatic nitrogens is 2. The summed E-state index contributed by atoms with van der Waals surface area (Å²) in [5.74, 6) is 0.0189. The summed E-state index contributed by atoms with van der Waals surface area (Å²) in [6, 6.07) is 17.3. The molecular weight excluding hydrogens is 352 g/mol. The van der Waals surface area contributed by atoms with Crippen molar-refractivity contribution in [3.63, 3.8) is 0 Å². The van der Waals surface area contributed by atoms with Crippen molar-refractivity contribution in [2.45, 2.75) is 26.3 Å². The van der Waals surface area contributed by atoms with Crippen molar-refractivity contribution in [1.82, 2.24) is 14.7 Å². The lowest BCUT2D eigenvalue weighted by Crippen LogP contribution is -2.23. The number of rotatable bonds is 5. The number of amides is 2. The summed E-state index contributed by atoms with van der Waals surface area (Å²) in [5, 5.41) is 7.27. The van der Waals surface area contributed by atoms with Crippen molar-refractivity contribution >= 4 is 17.5 Å². The summed E-state index contributed by atoms with van der Waals surface area (Å²) >= 11 is 0. The van der Waals surface area contributed by atoms with E-state index in [1.165, 1.54) is 0 Å². The molecule has 3 aromatic rings. The minimum Gasteiger partial charge on any atom is -0.338 e. The number of nitrogens with zero attached hydrogens (tertiary/aromatic N) is 3. The van der Waals surface area contributed by atoms with Crippen LogP contribution in [0.1, 0.15) is 34.5 Å². The number of para-hydroxylation sites is 1. The molecule has 4 rings (SSSR count). The van der Waals surface area contributed by atoms with Crippen LogP contribution in [0.25, 0.3) is 5.69 Å². The maximum atomic E-state index is 12.7. The van der Waals surface area contributed by atoms with Crippen LogP contribution < -0.4 is 5.32 Å². The summed E-state index contributed by atoms with van der Waals surface area (Å²) in [6.07, 6.45) is 3.16. The topological polar surface area (TPSA) is 67.2 Å². The first-order valence-corrected chi connectivity index (χ1v) is 9.40. The first-order chi connectivity index (χ1) is 13.6. The monoisotopic (exact) mass is 374 g/mol. The van der Waals surface area contributed by atoms with E-state index in [4.69, 9.17) is 0 Å². The smallest absolute Gasteiger partial charge is 0.259 e. The molecule has 0 atom stereocenters. The molecule has 0 bridgehead atoms. The van der Waals surface area contributed by atoms with E-state index < -0.39 is 0 Å². The van der Waals surface area contributed by atoms with Crippen LogP contribution in [0.4, 0.5) is 5.69 Å². The molecule has 6 heteroatoms. The van der Waals surface area contributed by atoms with Crippen molar-refractivity contribution < 1.29 is 9.59 Å². The molecule has 1 aromatic heterocycles. The predicted octanol–water partition coefficient (Wildman–Crippen LogP) is 3.56. The van der Waals surface area contributed by atoms with Crippen molar-refractivity contribution in [3.05, 3.63) is 77.6 Å². The Morgan fingerprint density at radius 3 is 2.54 bits per heavy atom. The second-order valence-electron chi connectivity index (χ2n) is 6.96. The maximum absolute atomic E-state index is 12.7. The molecule has 0 saturated carbocycles. The lowest BCUT2D eigenvalue weighted by Gasteiger charge is -2.15. The van der Waals surface area contributed by atoms with Gasteiger partial charge in [-0.15, -0.1) is 0 Å². The Balaban J connectivity index is 1.44. The molecule has 28 heavy (non-hydrogen) atoms. The van der Waals surface area contributed by atoms with Gasteiger partial charge in [0.15, 0.2) is 0 Å². The lowest BCUT2D eigenvalue weighted by molar-refractivity contribution is -0.128. The van der Waals surface area contributed by atoms with Crippen LogP contribution in [0.5, 0.6) is 0 Å². The highest BCUT2D eigenvalue weighted by Gasteiger charge is 2.20. The molecule has 2 aromatic carbocycles. The fraction of sp³-hybridized carbons (Fsp3) is 0.227. The van der Waals surface area contributed by atoms with E-state index in [-0.39, 0.29) is 11.8 Å². The van der Waals surface area contributed by atoms with Gasteiger partial charge in [0.2, 0.25) is 5.91 Å². The number of hydrogen-bond donors (Lipinski definition) is 1. The Hall–Kier alpha value is -3.41. The molecule has 0 spiro atoms. The quantitative estimate of drug-likeness (QED) is 0.743. The number of benzene rings is 2. The molecule has 2 heterocycles. The number of nitrogens with one attached hydrogen (secondary N) is 1. The zero-order valence-corrected chi connectivity index (χ0v) is 15.8. The number of carbonyl (C=O) groups is 2. The Morgan fingerprint density at radius 1 is 1.11 bits per heavy atom. The molecule has 1 fully saturated rings. The zero-order chi connectivity index (χ0) is 19.5. The zero-order valence-electron chi connectivity index (χ0n) is 15.8. The Kier molecular flexibility index (Phi) is 4.93. The number of hydrogen-bond acceptors (Lipinski definition) is 3. The van der Waals surface area contributed by atoms with Gasteiger partial charge in [0.1, 0.15) is 0 Å². The van der Waals surface area contributed by atoms with Gasteiger partial charge in [-0.3, -0.25) is 9.59 Å². The summed E-state index contributed by atoms with van der Waals surface area (Å²) in [7, 11) is 0. The summed E-state index contributed by atoms with van der Waals surface area (Å²) < 4.78 is 1.76. The van der Waals surface area contributed by atoms with E-state index in [0.29, 0.717) is 24.2 Å². The number of carbonyl (C=O) groups excluding carboxylic acids is 2. The van der Waals surface area contributed by atoms with Gasteiger partial charge in [-0.2, -0.15) is 5.10 Å². The Morgan fingerprint density at radius 2 is 1.86 bits per heavy atom. The van der Waals surface area contributed by atoms with Crippen LogP contribution in [-0.2, 0) is 11.3 Å². The predicted molar refractivity (Wildman–Crippen MR) is 107 cm³/mol. The first-order valence-electron chi connectivity index (χ1n) is 9.40. The van der Waals surface area contributed by atoms with Crippen molar-refractivity contribution in [1.29, 1.82) is 0 Å². The molecule has 142 valence electrons. The number of anilines is 1. The van der Waals surface area contributed by atoms with Crippen LogP contribution in [0, 0.1) is 6.92 Å². The average molecular weight is 374 g/mol. The Bertz CT molecular complexity index is 993. The second kappa shape index (κ2) is 7.68. The van der Waals surface area contributed by atoms with E-state index >= 15 is 0 Å². The van der Waals surface area contributed by atoms with Crippen molar-refractivity contribution in [2.75, 3.05) is 11.9 Å². The van der Waals surface area contributed by atoms with Crippen LogP contribution in [0.15, 0.2) is 60.8 Å². The van der Waals surface area contributed by atoms with E-state index in [0.717, 1.165) is 29.9 Å². The van der Waals surface area contributed by atoms with Gasteiger partial charge in [-0.1, -0.05) is 30.3 Å². The minimum absolute atomic E-state index is 0.192. The fourth-order valence-corrected chi connectivity index (χ4v) is 3.45. The molecular formula is C22H22N4O2. The third-order valence-electron chi connectivity index (χ3n) is 5.01. The summed E-state index contributed by atoms with van der Waals surface area (Å²) in [4.78, 5) is 26.3. The molecule has 1 aliphatic heterocycles. The van der Waals surface area contributed by atoms with E-state index in [1.54, 1.807) is 10.9 Å². The van der Waals surface area contributed by atoms with Crippen molar-refractivity contribution in [3.8, 4) is 5.69 Å². The van der Waals surface area contributed by atoms with Gasteiger partial charge >= 0.3 is 0 Å². The molecule has 1 aliphatic rings. The van der Waals surface area contributed by atoms with Crippen molar-refractivity contribution in [2.24, 2.45) is 0 Å². The lowest BCUT2D eigenvalue weighted by atomic mass is 10.2. The molecule has 0 aliphatic carbocycles. The normalized spacial score (nSPS) is 13.8. The molecule has 6 nitrogen and oxygen atoms in total. The van der Waals surface area contributed by atoms with Gasteiger partial charge in [0, 0.05) is 25.2 Å². The van der Waals surface area contributed by atoms with E-state index in [1.807, 2.05) is 66.4 Å². The summed E-state index contributed by atoms with van der Waals surface area (Å²) in [5.41, 5.74) is 4.01. The van der Waals surface area contributed by atoms with Crippen LogP contribution in [-0.4, -0.2) is 33.0 Å². The highest BCUT2D eigenvalue weighted by atomic mass is 16.2. The molecule has 0 unspecified atom stereocenters. The fourth-order valence-electron chi connectivity index (χ4n) is 3.45. The highest BCUT2D eigenvalue weighted by Crippen LogP contribution is 2.18. The maximum Gasteiger partial charge on any atom is 0.259 e. The third kappa shape index (κ3) is 3.67. The molecule has 0 radical (unpaired) electrons. The molecule has 2 amide bonds. The van der Waals surface area contributed by atoms with Gasteiger partial charge in [-0.25, -0.2) is 4.68 Å². The van der Waals surface area contributed by atoms with Gasteiger partial charge in [0.25, 0.3) is 5.91 Å². The van der Waals surface area contributed by atoms with Crippen LogP contribution in [0.3, 0.4) is 0 Å². The largest absolute Gasteiger partial charge is 0.338 e.